The van der Waals surface area contributed by atoms with Gasteiger partial charge in [0.05, 0.1) is 18.4 Å². The first kappa shape index (κ1) is 27.6. The van der Waals surface area contributed by atoms with Gasteiger partial charge in [-0.1, -0.05) is 43.5 Å². The molecule has 6 rings (SSSR count). The first-order valence-corrected chi connectivity index (χ1v) is 16.3. The summed E-state index contributed by atoms with van der Waals surface area (Å²) in [6.45, 7) is 5.51. The van der Waals surface area contributed by atoms with Gasteiger partial charge in [-0.2, -0.15) is 0 Å². The van der Waals surface area contributed by atoms with Crippen LogP contribution in [0.1, 0.15) is 122 Å². The van der Waals surface area contributed by atoms with Crippen LogP contribution in [0.5, 0.6) is 5.75 Å². The van der Waals surface area contributed by atoms with E-state index in [9.17, 15) is 10.3 Å². The zero-order valence-corrected chi connectivity index (χ0v) is 24.4. The van der Waals surface area contributed by atoms with Gasteiger partial charge < -0.3 is 20.4 Å². The highest BCUT2D eigenvalue weighted by molar-refractivity contribution is 5.85. The van der Waals surface area contributed by atoms with E-state index < -0.39 is 0 Å². The quantitative estimate of drug-likeness (QED) is 0.247. The van der Waals surface area contributed by atoms with E-state index in [2.05, 4.69) is 48.6 Å². The molecule has 0 aliphatic heterocycles. The van der Waals surface area contributed by atoms with Crippen LogP contribution in [0.25, 0.3) is 0 Å². The van der Waals surface area contributed by atoms with Gasteiger partial charge in [0.25, 0.3) is 0 Å². The molecule has 5 heteroatoms. The Kier molecular flexibility index (Phi) is 8.03. The lowest BCUT2D eigenvalue weighted by Crippen LogP contribution is -2.55. The Bertz CT molecular complexity index is 1020. The lowest BCUT2D eigenvalue weighted by molar-refractivity contribution is -0.124. The summed E-state index contributed by atoms with van der Waals surface area (Å²) in [5, 5.41) is 28.3. The molecule has 8 atom stereocenters. The second-order valence-corrected chi connectivity index (χ2v) is 14.3. The maximum atomic E-state index is 11.4. The fourth-order valence-electron chi connectivity index (χ4n) is 10.4. The molecule has 1 aromatic rings. The van der Waals surface area contributed by atoms with Gasteiger partial charge in [0.15, 0.2) is 0 Å². The van der Waals surface area contributed by atoms with E-state index in [1.54, 1.807) is 0 Å². The van der Waals surface area contributed by atoms with Crippen LogP contribution in [0, 0.1) is 34.5 Å². The van der Waals surface area contributed by atoms with Crippen molar-refractivity contribution in [2.45, 2.75) is 128 Å². The van der Waals surface area contributed by atoms with Gasteiger partial charge in [-0.3, -0.25) is 0 Å². The van der Waals surface area contributed by atoms with Crippen molar-refractivity contribution in [2.24, 2.45) is 39.7 Å². The van der Waals surface area contributed by atoms with E-state index in [-0.39, 0.29) is 11.5 Å². The van der Waals surface area contributed by atoms with Crippen molar-refractivity contribution in [3.05, 3.63) is 29.8 Å². The van der Waals surface area contributed by atoms with Crippen molar-refractivity contribution in [1.29, 1.82) is 0 Å². The van der Waals surface area contributed by atoms with E-state index in [4.69, 9.17) is 4.74 Å². The average Bonchev–Trinajstić information content (AvgIpc) is 3.29. The van der Waals surface area contributed by atoms with Crippen molar-refractivity contribution in [2.75, 3.05) is 6.61 Å². The number of ether oxygens (including phenoxy) is 1. The topological polar surface area (TPSA) is 74.1 Å². The van der Waals surface area contributed by atoms with Crippen LogP contribution in [0.4, 0.5) is 0 Å². The summed E-state index contributed by atoms with van der Waals surface area (Å²) in [5.74, 6) is 3.71. The molecule has 0 bridgehead atoms. The third-order valence-corrected chi connectivity index (χ3v) is 12.6. The Hall–Kier alpha value is -1.59. The lowest BCUT2D eigenvalue weighted by Gasteiger charge is -2.60. The minimum Gasteiger partial charge on any atom is -0.494 e. The minimum atomic E-state index is -0.192. The van der Waals surface area contributed by atoms with E-state index in [0.29, 0.717) is 35.9 Å². The van der Waals surface area contributed by atoms with Gasteiger partial charge in [-0.05, 0) is 131 Å². The van der Waals surface area contributed by atoms with Crippen molar-refractivity contribution in [3.8, 4) is 5.75 Å². The number of oxime groups is 1. The van der Waals surface area contributed by atoms with Gasteiger partial charge in [-0.25, -0.2) is 0 Å². The molecule has 5 aliphatic carbocycles. The SMILES string of the molecule is CC(NC1CCCCC1)c1cccc(OCC[C@]23CCC4C(CCC5C/C(=N\O)CC[C@@]54C)C2CC[C@@H]3O)c1. The molecule has 216 valence electrons. The van der Waals surface area contributed by atoms with Gasteiger partial charge in [0.2, 0.25) is 0 Å². The van der Waals surface area contributed by atoms with Gasteiger partial charge in [0, 0.05) is 17.5 Å². The monoisotopic (exact) mass is 536 g/mol. The van der Waals surface area contributed by atoms with Crippen molar-refractivity contribution in [1.82, 2.24) is 5.32 Å². The Morgan fingerprint density at radius 3 is 2.69 bits per heavy atom. The summed E-state index contributed by atoms with van der Waals surface area (Å²) in [6.07, 6.45) is 17.6. The van der Waals surface area contributed by atoms with E-state index >= 15 is 0 Å². The molecule has 0 spiro atoms. The molecule has 5 unspecified atom stereocenters. The summed E-state index contributed by atoms with van der Waals surface area (Å²) < 4.78 is 6.43. The first-order valence-electron chi connectivity index (χ1n) is 16.3. The van der Waals surface area contributed by atoms with E-state index in [1.165, 1.54) is 63.4 Å². The van der Waals surface area contributed by atoms with Gasteiger partial charge in [0.1, 0.15) is 5.75 Å². The average molecular weight is 537 g/mol. The molecule has 1 aromatic carbocycles. The Balaban J connectivity index is 1.10. The summed E-state index contributed by atoms with van der Waals surface area (Å²) >= 11 is 0. The number of benzene rings is 1. The normalized spacial score (nSPS) is 40.5. The molecule has 0 aromatic heterocycles. The Labute approximate surface area is 236 Å². The van der Waals surface area contributed by atoms with Crippen LogP contribution in [0.15, 0.2) is 29.4 Å². The molecule has 5 aliphatic rings. The van der Waals surface area contributed by atoms with Crippen LogP contribution in [-0.4, -0.2) is 34.8 Å². The number of rotatable bonds is 7. The van der Waals surface area contributed by atoms with Crippen molar-refractivity contribution < 1.29 is 15.1 Å². The summed E-state index contributed by atoms with van der Waals surface area (Å²) in [4.78, 5) is 0. The maximum Gasteiger partial charge on any atom is 0.119 e. The predicted molar refractivity (Wildman–Crippen MR) is 156 cm³/mol. The van der Waals surface area contributed by atoms with Gasteiger partial charge in [-0.15, -0.1) is 0 Å². The number of hydrogen-bond donors (Lipinski definition) is 3. The minimum absolute atomic E-state index is 0.0180. The number of nitrogens with one attached hydrogen (secondary N) is 1. The second kappa shape index (κ2) is 11.4. The molecule has 0 amide bonds. The summed E-state index contributed by atoms with van der Waals surface area (Å²) in [5.41, 5.74) is 2.69. The molecule has 5 nitrogen and oxygen atoms in total. The number of hydrogen-bond acceptors (Lipinski definition) is 5. The molecular weight excluding hydrogens is 484 g/mol. The number of aliphatic hydroxyl groups is 1. The van der Waals surface area contributed by atoms with Crippen LogP contribution in [0.3, 0.4) is 0 Å². The number of nitrogens with zero attached hydrogens (tertiary/aromatic N) is 1. The van der Waals surface area contributed by atoms with Crippen LogP contribution < -0.4 is 10.1 Å². The molecule has 5 fully saturated rings. The highest BCUT2D eigenvalue weighted by Gasteiger charge is 2.61. The predicted octanol–water partition coefficient (Wildman–Crippen LogP) is 7.65. The van der Waals surface area contributed by atoms with E-state index in [1.807, 2.05) is 0 Å². The first-order chi connectivity index (χ1) is 18.9. The lowest BCUT2D eigenvalue weighted by atomic mass is 9.44. The molecular formula is C34H52N2O3. The fraction of sp³-hybridized carbons (Fsp3) is 0.794. The Morgan fingerprint density at radius 1 is 1.03 bits per heavy atom. The molecule has 5 saturated carbocycles. The third kappa shape index (κ3) is 5.16. The zero-order chi connectivity index (χ0) is 27.0. The zero-order valence-electron chi connectivity index (χ0n) is 24.4. The van der Waals surface area contributed by atoms with Crippen molar-refractivity contribution in [3.63, 3.8) is 0 Å². The Morgan fingerprint density at radius 2 is 1.87 bits per heavy atom. The molecule has 0 radical (unpaired) electrons. The highest BCUT2D eigenvalue weighted by Crippen LogP contribution is 2.67. The third-order valence-electron chi connectivity index (χ3n) is 12.6. The largest absolute Gasteiger partial charge is 0.494 e. The van der Waals surface area contributed by atoms with E-state index in [0.717, 1.165) is 61.8 Å². The number of aliphatic hydroxyl groups excluding tert-OH is 1. The second-order valence-electron chi connectivity index (χ2n) is 14.3. The van der Waals surface area contributed by atoms with Crippen LogP contribution in [-0.2, 0) is 0 Å². The van der Waals surface area contributed by atoms with Crippen LogP contribution in [0.2, 0.25) is 0 Å². The molecule has 0 heterocycles. The molecule has 3 N–H and O–H groups in total. The fourth-order valence-corrected chi connectivity index (χ4v) is 10.4. The summed E-state index contributed by atoms with van der Waals surface area (Å²) in [6, 6.07) is 9.67. The maximum absolute atomic E-state index is 11.4. The molecule has 0 saturated heterocycles. The number of fused-ring (bicyclic) bond motifs is 5. The smallest absolute Gasteiger partial charge is 0.119 e. The van der Waals surface area contributed by atoms with Crippen molar-refractivity contribution >= 4 is 5.71 Å². The summed E-state index contributed by atoms with van der Waals surface area (Å²) in [7, 11) is 0. The standard InChI is InChI=1S/C34H52N2O3/c1-23(35-26-8-4-3-5-9-26)24-7-6-10-28(21-24)39-20-19-34-18-16-30-29(31(34)13-14-32(34)37)12-11-25-22-27(36-38)15-17-33(25,30)2/h6-7,10,21,23,25-26,29-32,35,37-38H,3-5,8-9,11-20,22H2,1-2H3/b36-27-/t23?,25?,29?,30?,31?,32-,33-,34+/m0/s1. The molecule has 39 heavy (non-hydrogen) atoms. The highest BCUT2D eigenvalue weighted by atomic mass is 16.5. The van der Waals surface area contributed by atoms with Gasteiger partial charge >= 0.3 is 0 Å². The van der Waals surface area contributed by atoms with Crippen LogP contribution >= 0.6 is 0 Å².